The molecule has 0 unspecified atom stereocenters. The number of anilines is 2. The van der Waals surface area contributed by atoms with E-state index in [9.17, 15) is 0 Å². The molecule has 17 heavy (non-hydrogen) atoms. The van der Waals surface area contributed by atoms with Crippen LogP contribution in [0.5, 0.6) is 0 Å². The van der Waals surface area contributed by atoms with Gasteiger partial charge in [0.1, 0.15) is 0 Å². The normalized spacial score (nSPS) is 10.5. The third-order valence-corrected chi connectivity index (χ3v) is 3.07. The zero-order chi connectivity index (χ0) is 12.6. The maximum atomic E-state index is 5.85. The molecule has 2 aromatic carbocycles. The Morgan fingerprint density at radius 1 is 0.706 bits per heavy atom. The number of hydrogen-bond acceptors (Lipinski definition) is 2. The van der Waals surface area contributed by atoms with Crippen LogP contribution >= 0.6 is 0 Å². The summed E-state index contributed by atoms with van der Waals surface area (Å²) in [7, 11) is 0. The standard InChI is InChI=1S/C15H18N2/c1-9-6-12(16)4-5-14(9)15-10(2)7-13(17)8-11(15)3/h4-8H,16-17H2,1-3H3. The molecule has 0 fully saturated rings. The summed E-state index contributed by atoms with van der Waals surface area (Å²) in [6.07, 6.45) is 0. The number of benzene rings is 2. The minimum absolute atomic E-state index is 0.803. The first-order valence-electron chi connectivity index (χ1n) is 5.72. The third-order valence-electron chi connectivity index (χ3n) is 3.07. The highest BCUT2D eigenvalue weighted by Gasteiger charge is 2.09. The number of nitrogen functional groups attached to an aromatic ring is 2. The lowest BCUT2D eigenvalue weighted by Crippen LogP contribution is -1.95. The Kier molecular flexibility index (Phi) is 2.80. The van der Waals surface area contributed by atoms with Gasteiger partial charge < -0.3 is 11.5 Å². The van der Waals surface area contributed by atoms with Crippen molar-refractivity contribution in [2.75, 3.05) is 11.5 Å². The lowest BCUT2D eigenvalue weighted by molar-refractivity contribution is 1.35. The van der Waals surface area contributed by atoms with Gasteiger partial charge in [0.2, 0.25) is 0 Å². The molecule has 0 bridgehead atoms. The third kappa shape index (κ3) is 2.11. The molecule has 0 aliphatic heterocycles. The molecule has 2 heteroatoms. The first-order valence-corrected chi connectivity index (χ1v) is 5.72. The molecule has 0 saturated heterocycles. The van der Waals surface area contributed by atoms with Crippen molar-refractivity contribution in [1.29, 1.82) is 0 Å². The van der Waals surface area contributed by atoms with Crippen molar-refractivity contribution in [2.24, 2.45) is 0 Å². The summed E-state index contributed by atoms with van der Waals surface area (Å²) in [5.74, 6) is 0. The van der Waals surface area contributed by atoms with Crippen molar-refractivity contribution < 1.29 is 0 Å². The molecule has 0 aliphatic rings. The van der Waals surface area contributed by atoms with Crippen molar-refractivity contribution in [2.45, 2.75) is 20.8 Å². The molecule has 0 aromatic heterocycles. The van der Waals surface area contributed by atoms with Gasteiger partial charge in [-0.25, -0.2) is 0 Å². The molecule has 2 rings (SSSR count). The molecule has 4 N–H and O–H groups in total. The molecule has 0 spiro atoms. The molecule has 0 heterocycles. The van der Waals surface area contributed by atoms with Gasteiger partial charge >= 0.3 is 0 Å². The van der Waals surface area contributed by atoms with Crippen LogP contribution in [-0.2, 0) is 0 Å². The zero-order valence-electron chi connectivity index (χ0n) is 10.5. The predicted octanol–water partition coefficient (Wildman–Crippen LogP) is 3.44. The Labute approximate surface area is 102 Å². The second-order valence-electron chi connectivity index (χ2n) is 4.60. The predicted molar refractivity (Wildman–Crippen MR) is 74.9 cm³/mol. The number of aryl methyl sites for hydroxylation is 3. The fraction of sp³-hybridized carbons (Fsp3) is 0.200. The zero-order valence-corrected chi connectivity index (χ0v) is 10.5. The van der Waals surface area contributed by atoms with E-state index in [0.717, 1.165) is 11.4 Å². The highest BCUT2D eigenvalue weighted by atomic mass is 14.5. The summed E-state index contributed by atoms with van der Waals surface area (Å²) in [5, 5.41) is 0. The maximum Gasteiger partial charge on any atom is 0.0319 e. The summed E-state index contributed by atoms with van der Waals surface area (Å²) in [5.41, 5.74) is 19.3. The van der Waals surface area contributed by atoms with Crippen molar-refractivity contribution in [3.63, 3.8) is 0 Å². The SMILES string of the molecule is Cc1cc(N)ccc1-c1c(C)cc(N)cc1C. The fourth-order valence-electron chi connectivity index (χ4n) is 2.39. The van der Waals surface area contributed by atoms with E-state index in [-0.39, 0.29) is 0 Å². The van der Waals surface area contributed by atoms with Gasteiger partial charge in [-0.05, 0) is 72.9 Å². The minimum Gasteiger partial charge on any atom is -0.399 e. The molecular formula is C15H18N2. The van der Waals surface area contributed by atoms with Crippen molar-refractivity contribution >= 4 is 11.4 Å². The summed E-state index contributed by atoms with van der Waals surface area (Å²) >= 11 is 0. The summed E-state index contributed by atoms with van der Waals surface area (Å²) in [4.78, 5) is 0. The molecule has 0 aliphatic carbocycles. The summed E-state index contributed by atoms with van der Waals surface area (Å²) in [6.45, 7) is 6.27. The second-order valence-corrected chi connectivity index (χ2v) is 4.60. The lowest BCUT2D eigenvalue weighted by Gasteiger charge is -2.14. The maximum absolute atomic E-state index is 5.85. The first kappa shape index (κ1) is 11.5. The number of nitrogens with two attached hydrogens (primary N) is 2. The second kappa shape index (κ2) is 4.13. The van der Waals surface area contributed by atoms with Gasteiger partial charge in [-0.3, -0.25) is 0 Å². The summed E-state index contributed by atoms with van der Waals surface area (Å²) in [6, 6.07) is 10.1. The molecule has 88 valence electrons. The molecule has 0 atom stereocenters. The monoisotopic (exact) mass is 226 g/mol. The Hall–Kier alpha value is -1.96. The van der Waals surface area contributed by atoms with Crippen LogP contribution in [0.2, 0.25) is 0 Å². The molecule has 0 radical (unpaired) electrons. The quantitative estimate of drug-likeness (QED) is 0.732. The highest BCUT2D eigenvalue weighted by molar-refractivity contribution is 5.76. The smallest absolute Gasteiger partial charge is 0.0319 e. The fourth-order valence-corrected chi connectivity index (χ4v) is 2.39. The van der Waals surface area contributed by atoms with Gasteiger partial charge in [0, 0.05) is 11.4 Å². The lowest BCUT2D eigenvalue weighted by atomic mass is 9.92. The van der Waals surface area contributed by atoms with Crippen molar-refractivity contribution in [1.82, 2.24) is 0 Å². The Morgan fingerprint density at radius 2 is 1.24 bits per heavy atom. The van der Waals surface area contributed by atoms with E-state index in [1.54, 1.807) is 0 Å². The van der Waals surface area contributed by atoms with E-state index in [0.29, 0.717) is 0 Å². The van der Waals surface area contributed by atoms with E-state index >= 15 is 0 Å². The summed E-state index contributed by atoms with van der Waals surface area (Å²) < 4.78 is 0. The Balaban J connectivity index is 2.68. The van der Waals surface area contributed by atoms with E-state index in [1.807, 2.05) is 24.3 Å². The van der Waals surface area contributed by atoms with Crippen molar-refractivity contribution in [3.8, 4) is 11.1 Å². The van der Waals surface area contributed by atoms with Gasteiger partial charge in [0.05, 0.1) is 0 Å². The van der Waals surface area contributed by atoms with Crippen LogP contribution in [0.3, 0.4) is 0 Å². The molecular weight excluding hydrogens is 208 g/mol. The van der Waals surface area contributed by atoms with E-state index < -0.39 is 0 Å². The Morgan fingerprint density at radius 3 is 1.76 bits per heavy atom. The van der Waals surface area contributed by atoms with Crippen LogP contribution in [0, 0.1) is 20.8 Å². The molecule has 0 amide bonds. The van der Waals surface area contributed by atoms with Crippen LogP contribution in [0.15, 0.2) is 30.3 Å². The molecule has 2 aromatic rings. The van der Waals surface area contributed by atoms with Gasteiger partial charge in [0.25, 0.3) is 0 Å². The topological polar surface area (TPSA) is 52.0 Å². The number of rotatable bonds is 1. The highest BCUT2D eigenvalue weighted by Crippen LogP contribution is 2.32. The van der Waals surface area contributed by atoms with Gasteiger partial charge in [0.15, 0.2) is 0 Å². The minimum atomic E-state index is 0.803. The molecule has 0 saturated carbocycles. The number of hydrogen-bond donors (Lipinski definition) is 2. The van der Waals surface area contributed by atoms with E-state index in [4.69, 9.17) is 11.5 Å². The largest absolute Gasteiger partial charge is 0.399 e. The average molecular weight is 226 g/mol. The van der Waals surface area contributed by atoms with Crippen LogP contribution in [0.1, 0.15) is 16.7 Å². The Bertz CT molecular complexity index is 548. The van der Waals surface area contributed by atoms with Crippen LogP contribution in [0.25, 0.3) is 11.1 Å². The van der Waals surface area contributed by atoms with Gasteiger partial charge in [-0.15, -0.1) is 0 Å². The molecule has 2 nitrogen and oxygen atoms in total. The van der Waals surface area contributed by atoms with Crippen LogP contribution < -0.4 is 11.5 Å². The van der Waals surface area contributed by atoms with Gasteiger partial charge in [-0.1, -0.05) is 6.07 Å². The van der Waals surface area contributed by atoms with Crippen LogP contribution in [0.4, 0.5) is 11.4 Å². The van der Waals surface area contributed by atoms with Gasteiger partial charge in [-0.2, -0.15) is 0 Å². The van der Waals surface area contributed by atoms with E-state index in [1.165, 1.54) is 27.8 Å². The van der Waals surface area contributed by atoms with Crippen molar-refractivity contribution in [3.05, 3.63) is 47.0 Å². The van der Waals surface area contributed by atoms with E-state index in [2.05, 4.69) is 26.8 Å². The first-order chi connectivity index (χ1) is 7.99. The average Bonchev–Trinajstić information content (AvgIpc) is 2.19. The van der Waals surface area contributed by atoms with Crippen LogP contribution in [-0.4, -0.2) is 0 Å².